The topological polar surface area (TPSA) is 3.24 Å². The number of nitrogens with zero attached hydrogens (tertiary/aromatic N) is 1. The van der Waals surface area contributed by atoms with Crippen molar-refractivity contribution in [2.75, 3.05) is 4.90 Å². The van der Waals surface area contributed by atoms with E-state index in [1.54, 1.807) is 0 Å². The van der Waals surface area contributed by atoms with Gasteiger partial charge in [-0.3, -0.25) is 0 Å². The van der Waals surface area contributed by atoms with E-state index in [2.05, 4.69) is 207 Å². The van der Waals surface area contributed by atoms with Gasteiger partial charge in [-0.2, -0.15) is 0 Å². The molecule has 12 rings (SSSR count). The van der Waals surface area contributed by atoms with Crippen molar-refractivity contribution in [2.45, 2.75) is 56.8 Å². The van der Waals surface area contributed by atoms with Crippen LogP contribution in [0.15, 0.2) is 188 Å². The highest BCUT2D eigenvalue weighted by molar-refractivity contribution is 6.09. The molecule has 1 fully saturated rings. The van der Waals surface area contributed by atoms with Crippen molar-refractivity contribution in [2.24, 2.45) is 0 Å². The highest BCUT2D eigenvalue weighted by Gasteiger charge is 2.44. The Hall–Kier alpha value is -6.70. The lowest BCUT2D eigenvalue weighted by Crippen LogP contribution is -2.28. The standard InChI is InChI=1S/C59H47N/c1-58(2)52-25-10-6-21-47(52)50-23-16-24-51(57(50)58)49-22-9-13-28-56(49)60(42-32-34-48-46-20-7-11-26-53(46)59(54(48)38-42)35-14-3-15-36-59)55-27-12-8-19-45(55)41-31-33-44-40(37-41)30-29-39-17-4-5-18-43(39)44/h4-13,16-34,37-38H,3,14-15,35-36H2,1-2H3. The number of benzene rings is 9. The van der Waals surface area contributed by atoms with Gasteiger partial charge in [0.1, 0.15) is 0 Å². The average Bonchev–Trinajstić information content (AvgIpc) is 3.70. The largest absolute Gasteiger partial charge is 0.309 e. The summed E-state index contributed by atoms with van der Waals surface area (Å²) in [4.78, 5) is 2.59. The third-order valence-corrected chi connectivity index (χ3v) is 14.4. The van der Waals surface area contributed by atoms with Gasteiger partial charge in [-0.25, -0.2) is 0 Å². The Morgan fingerprint density at radius 1 is 0.383 bits per heavy atom. The number of anilines is 3. The first-order valence-electron chi connectivity index (χ1n) is 21.9. The Labute approximate surface area is 353 Å². The quantitative estimate of drug-likeness (QED) is 0.158. The number of hydrogen-bond donors (Lipinski definition) is 0. The fourth-order valence-corrected chi connectivity index (χ4v) is 11.7. The molecule has 9 aromatic rings. The molecule has 0 aromatic heterocycles. The van der Waals surface area contributed by atoms with Gasteiger partial charge in [-0.15, -0.1) is 0 Å². The van der Waals surface area contributed by atoms with Gasteiger partial charge in [0.2, 0.25) is 0 Å². The minimum absolute atomic E-state index is 0.0437. The summed E-state index contributed by atoms with van der Waals surface area (Å²) in [5, 5.41) is 5.11. The van der Waals surface area contributed by atoms with E-state index in [-0.39, 0.29) is 10.8 Å². The molecule has 1 saturated carbocycles. The monoisotopic (exact) mass is 769 g/mol. The molecule has 0 heterocycles. The van der Waals surface area contributed by atoms with Crippen LogP contribution in [0.5, 0.6) is 0 Å². The Balaban J connectivity index is 1.11. The van der Waals surface area contributed by atoms with Crippen molar-refractivity contribution >= 4 is 38.6 Å². The van der Waals surface area contributed by atoms with Crippen molar-refractivity contribution in [3.63, 3.8) is 0 Å². The Morgan fingerprint density at radius 2 is 0.950 bits per heavy atom. The SMILES string of the molecule is CC1(C)c2ccccc2-c2cccc(-c3ccccc3N(c3ccc4c(c3)C3(CCCCC3)c3ccccc3-4)c3ccccc3-c3ccc4c(ccc5ccccc54)c3)c21. The molecule has 60 heavy (non-hydrogen) atoms. The second kappa shape index (κ2) is 13.4. The van der Waals surface area contributed by atoms with E-state index < -0.39 is 0 Å². The third-order valence-electron chi connectivity index (χ3n) is 14.4. The van der Waals surface area contributed by atoms with Crippen molar-refractivity contribution in [1.82, 2.24) is 0 Å². The highest BCUT2D eigenvalue weighted by atomic mass is 15.1. The zero-order valence-electron chi connectivity index (χ0n) is 34.4. The Morgan fingerprint density at radius 3 is 1.75 bits per heavy atom. The molecule has 9 aromatic carbocycles. The molecule has 3 aliphatic rings. The second-order valence-corrected chi connectivity index (χ2v) is 17.9. The van der Waals surface area contributed by atoms with Crippen LogP contribution in [-0.4, -0.2) is 0 Å². The Kier molecular flexibility index (Phi) is 7.88. The number of rotatable bonds is 5. The van der Waals surface area contributed by atoms with E-state index in [0.29, 0.717) is 0 Å². The second-order valence-electron chi connectivity index (χ2n) is 17.9. The Bertz CT molecular complexity index is 3180. The summed E-state index contributed by atoms with van der Waals surface area (Å²) in [6.07, 6.45) is 6.25. The minimum atomic E-state index is -0.152. The summed E-state index contributed by atoms with van der Waals surface area (Å²) in [6.45, 7) is 4.81. The summed E-state index contributed by atoms with van der Waals surface area (Å²) in [5.74, 6) is 0. The predicted molar refractivity (Wildman–Crippen MR) is 254 cm³/mol. The molecule has 0 aliphatic heterocycles. The minimum Gasteiger partial charge on any atom is -0.309 e. The van der Waals surface area contributed by atoms with E-state index in [0.717, 1.165) is 0 Å². The van der Waals surface area contributed by atoms with Gasteiger partial charge in [0.15, 0.2) is 0 Å². The first-order chi connectivity index (χ1) is 29.5. The van der Waals surface area contributed by atoms with Crippen LogP contribution >= 0.6 is 0 Å². The molecule has 0 atom stereocenters. The molecule has 0 unspecified atom stereocenters. The van der Waals surface area contributed by atoms with Crippen LogP contribution in [0.2, 0.25) is 0 Å². The van der Waals surface area contributed by atoms with Crippen LogP contribution in [0.3, 0.4) is 0 Å². The first kappa shape index (κ1) is 35.3. The van der Waals surface area contributed by atoms with E-state index >= 15 is 0 Å². The van der Waals surface area contributed by atoms with Crippen molar-refractivity contribution in [3.8, 4) is 44.5 Å². The lowest BCUT2D eigenvalue weighted by Gasteiger charge is -2.37. The van der Waals surface area contributed by atoms with E-state index in [1.807, 2.05) is 0 Å². The maximum Gasteiger partial charge on any atom is 0.0540 e. The van der Waals surface area contributed by atoms with Gasteiger partial charge in [0.05, 0.1) is 11.4 Å². The predicted octanol–water partition coefficient (Wildman–Crippen LogP) is 16.3. The molecule has 0 bridgehead atoms. The van der Waals surface area contributed by atoms with Crippen LogP contribution in [0.25, 0.3) is 66.1 Å². The summed E-state index contributed by atoms with van der Waals surface area (Å²) < 4.78 is 0. The molecule has 0 N–H and O–H groups in total. The molecule has 0 radical (unpaired) electrons. The van der Waals surface area contributed by atoms with Gasteiger partial charge in [-0.05, 0) is 120 Å². The van der Waals surface area contributed by atoms with Crippen molar-refractivity contribution in [3.05, 3.63) is 210 Å². The average molecular weight is 770 g/mol. The highest BCUT2D eigenvalue weighted by Crippen LogP contribution is 2.58. The normalized spacial score (nSPS) is 15.4. The van der Waals surface area contributed by atoms with Gasteiger partial charge >= 0.3 is 0 Å². The number of fused-ring (bicyclic) bond motifs is 11. The number of para-hydroxylation sites is 2. The summed E-state index contributed by atoms with van der Waals surface area (Å²) in [6, 6.07) is 71.2. The van der Waals surface area contributed by atoms with Crippen molar-refractivity contribution < 1.29 is 0 Å². The lowest BCUT2D eigenvalue weighted by atomic mass is 9.68. The van der Waals surface area contributed by atoms with Crippen LogP contribution in [0, 0.1) is 0 Å². The van der Waals surface area contributed by atoms with Crippen molar-refractivity contribution in [1.29, 1.82) is 0 Å². The fraction of sp³-hybridized carbons (Fsp3) is 0.153. The fourth-order valence-electron chi connectivity index (χ4n) is 11.7. The van der Waals surface area contributed by atoms with Crippen LogP contribution < -0.4 is 4.90 Å². The number of hydrogen-bond acceptors (Lipinski definition) is 1. The molecule has 0 saturated heterocycles. The molecular weight excluding hydrogens is 723 g/mol. The van der Waals surface area contributed by atoms with Gasteiger partial charge in [0, 0.05) is 27.6 Å². The summed E-state index contributed by atoms with van der Waals surface area (Å²) in [7, 11) is 0. The van der Waals surface area contributed by atoms with Gasteiger partial charge in [0.25, 0.3) is 0 Å². The van der Waals surface area contributed by atoms with Gasteiger partial charge < -0.3 is 4.90 Å². The molecule has 1 spiro atoms. The zero-order chi connectivity index (χ0) is 40.0. The van der Waals surface area contributed by atoms with Crippen LogP contribution in [-0.2, 0) is 10.8 Å². The maximum absolute atomic E-state index is 2.59. The maximum atomic E-state index is 2.59. The zero-order valence-corrected chi connectivity index (χ0v) is 34.4. The molecule has 1 heteroatoms. The van der Waals surface area contributed by atoms with E-state index in [4.69, 9.17) is 0 Å². The van der Waals surface area contributed by atoms with Crippen LogP contribution in [0.4, 0.5) is 17.1 Å². The first-order valence-corrected chi connectivity index (χ1v) is 21.9. The smallest absolute Gasteiger partial charge is 0.0540 e. The third kappa shape index (κ3) is 5.11. The van der Waals surface area contributed by atoms with E-state index in [9.17, 15) is 0 Å². The van der Waals surface area contributed by atoms with Crippen LogP contribution in [0.1, 0.15) is 68.2 Å². The molecule has 0 amide bonds. The van der Waals surface area contributed by atoms with Gasteiger partial charge in [-0.1, -0.05) is 191 Å². The molecular formula is C59H47N. The van der Waals surface area contributed by atoms with E-state index in [1.165, 1.54) is 137 Å². The molecule has 1 nitrogen and oxygen atoms in total. The molecule has 3 aliphatic carbocycles. The molecule has 288 valence electrons. The summed E-state index contributed by atoms with van der Waals surface area (Å²) in [5.41, 5.74) is 19.7. The summed E-state index contributed by atoms with van der Waals surface area (Å²) >= 11 is 0. The lowest BCUT2D eigenvalue weighted by molar-refractivity contribution is 0.353.